The zero-order chi connectivity index (χ0) is 20.1. The minimum atomic E-state index is -1.24. The van der Waals surface area contributed by atoms with Crippen molar-refractivity contribution in [2.75, 3.05) is 6.61 Å². The summed E-state index contributed by atoms with van der Waals surface area (Å²) in [5.74, 6) is -1.05. The molecule has 0 unspecified atom stereocenters. The Labute approximate surface area is 161 Å². The number of carbonyl (C=O) groups is 4. The van der Waals surface area contributed by atoms with Crippen LogP contribution < -0.4 is 15.5 Å². The fourth-order valence-corrected chi connectivity index (χ4v) is 3.05. The number of para-hydroxylation sites is 1. The Morgan fingerprint density at radius 2 is 1.82 bits per heavy atom. The number of aldehydes is 1. The van der Waals surface area contributed by atoms with Crippen molar-refractivity contribution in [3.05, 3.63) is 65.7 Å². The summed E-state index contributed by atoms with van der Waals surface area (Å²) in [6.45, 7) is 1.31. The molecule has 3 rings (SSSR count). The van der Waals surface area contributed by atoms with E-state index < -0.39 is 30.0 Å². The number of hydrogen-bond acceptors (Lipinski definition) is 5. The molecule has 2 N–H and O–H groups in total. The maximum absolute atomic E-state index is 12.9. The van der Waals surface area contributed by atoms with Crippen LogP contribution >= 0.6 is 0 Å². The second kappa shape index (κ2) is 7.91. The summed E-state index contributed by atoms with van der Waals surface area (Å²) in [6.07, 6.45) is 0.928. The van der Waals surface area contributed by atoms with Gasteiger partial charge in [0.25, 0.3) is 11.8 Å². The third-order valence-corrected chi connectivity index (χ3v) is 4.53. The van der Waals surface area contributed by atoms with Crippen LogP contribution in [-0.2, 0) is 15.1 Å². The van der Waals surface area contributed by atoms with Crippen LogP contribution in [0.1, 0.15) is 29.3 Å². The zero-order valence-corrected chi connectivity index (χ0v) is 15.2. The first-order chi connectivity index (χ1) is 13.5. The predicted octanol–water partition coefficient (Wildman–Crippen LogP) is 1.77. The van der Waals surface area contributed by atoms with Gasteiger partial charge in [0.05, 0.1) is 5.56 Å². The number of urea groups is 1. The monoisotopic (exact) mass is 381 g/mol. The van der Waals surface area contributed by atoms with Gasteiger partial charge in [0.1, 0.15) is 11.3 Å². The van der Waals surface area contributed by atoms with Gasteiger partial charge in [-0.25, -0.2) is 4.79 Å². The zero-order valence-electron chi connectivity index (χ0n) is 15.2. The van der Waals surface area contributed by atoms with Crippen molar-refractivity contribution in [3.8, 4) is 5.75 Å². The number of hydrazine groups is 1. The van der Waals surface area contributed by atoms with E-state index in [4.69, 9.17) is 4.74 Å². The van der Waals surface area contributed by atoms with E-state index in [2.05, 4.69) is 10.7 Å². The quantitative estimate of drug-likeness (QED) is 0.562. The Kier molecular flexibility index (Phi) is 5.39. The number of benzene rings is 2. The maximum Gasteiger partial charge on any atom is 0.344 e. The Morgan fingerprint density at radius 1 is 1.14 bits per heavy atom. The van der Waals surface area contributed by atoms with Crippen molar-refractivity contribution in [1.82, 2.24) is 15.8 Å². The topological polar surface area (TPSA) is 105 Å². The molecule has 1 heterocycles. The molecular weight excluding hydrogens is 362 g/mol. The minimum Gasteiger partial charge on any atom is -0.483 e. The number of carbonyl (C=O) groups excluding carboxylic acids is 4. The van der Waals surface area contributed by atoms with Gasteiger partial charge in [0, 0.05) is 0 Å². The molecule has 0 aliphatic carbocycles. The Bertz CT molecular complexity index is 915. The van der Waals surface area contributed by atoms with E-state index in [0.29, 0.717) is 28.8 Å². The summed E-state index contributed by atoms with van der Waals surface area (Å²) in [4.78, 5) is 48.4. The second-order valence-corrected chi connectivity index (χ2v) is 6.17. The number of imide groups is 1. The third kappa shape index (κ3) is 3.44. The van der Waals surface area contributed by atoms with Gasteiger partial charge in [0.2, 0.25) is 0 Å². The summed E-state index contributed by atoms with van der Waals surface area (Å²) in [5, 5.41) is 3.33. The molecule has 4 amide bonds. The van der Waals surface area contributed by atoms with E-state index in [1.165, 1.54) is 0 Å². The molecule has 1 aliphatic rings. The highest BCUT2D eigenvalue weighted by molar-refractivity contribution is 6.08. The number of nitrogens with one attached hydrogen (secondary N) is 2. The van der Waals surface area contributed by atoms with Crippen molar-refractivity contribution in [1.29, 1.82) is 0 Å². The van der Waals surface area contributed by atoms with Crippen molar-refractivity contribution < 1.29 is 23.9 Å². The largest absolute Gasteiger partial charge is 0.483 e. The summed E-state index contributed by atoms with van der Waals surface area (Å²) >= 11 is 0. The van der Waals surface area contributed by atoms with Crippen molar-refractivity contribution in [2.45, 2.75) is 18.9 Å². The fraction of sp³-hybridized carbons (Fsp3) is 0.200. The Balaban J connectivity index is 1.70. The van der Waals surface area contributed by atoms with Crippen LogP contribution in [-0.4, -0.2) is 35.7 Å². The molecule has 1 atom stereocenters. The number of ether oxygens (including phenoxy) is 1. The van der Waals surface area contributed by atoms with E-state index in [9.17, 15) is 19.2 Å². The van der Waals surface area contributed by atoms with Gasteiger partial charge in [-0.2, -0.15) is 5.01 Å². The van der Waals surface area contributed by atoms with Gasteiger partial charge < -0.3 is 10.1 Å². The predicted molar refractivity (Wildman–Crippen MR) is 99.3 cm³/mol. The van der Waals surface area contributed by atoms with Crippen molar-refractivity contribution >= 4 is 24.1 Å². The van der Waals surface area contributed by atoms with Crippen LogP contribution in [0.25, 0.3) is 0 Å². The van der Waals surface area contributed by atoms with E-state index >= 15 is 0 Å². The third-order valence-electron chi connectivity index (χ3n) is 4.53. The molecule has 0 bridgehead atoms. The molecule has 28 heavy (non-hydrogen) atoms. The van der Waals surface area contributed by atoms with E-state index in [1.807, 2.05) is 6.07 Å². The smallest absolute Gasteiger partial charge is 0.344 e. The molecule has 0 spiro atoms. The van der Waals surface area contributed by atoms with Crippen molar-refractivity contribution in [2.24, 2.45) is 0 Å². The molecule has 8 heteroatoms. The van der Waals surface area contributed by atoms with E-state index in [1.54, 1.807) is 55.5 Å². The lowest BCUT2D eigenvalue weighted by Gasteiger charge is -2.25. The average Bonchev–Trinajstić information content (AvgIpc) is 2.98. The summed E-state index contributed by atoms with van der Waals surface area (Å²) in [7, 11) is 0. The molecular formula is C20H19N3O5. The molecule has 2 aromatic carbocycles. The molecule has 144 valence electrons. The maximum atomic E-state index is 12.9. The molecule has 0 aromatic heterocycles. The molecule has 0 saturated carbocycles. The van der Waals surface area contributed by atoms with Gasteiger partial charge in [-0.1, -0.05) is 49.4 Å². The van der Waals surface area contributed by atoms with Crippen LogP contribution in [0.5, 0.6) is 5.75 Å². The Hall–Kier alpha value is -3.68. The lowest BCUT2D eigenvalue weighted by Crippen LogP contribution is -2.49. The highest BCUT2D eigenvalue weighted by Crippen LogP contribution is 2.31. The fourth-order valence-electron chi connectivity index (χ4n) is 3.05. The molecule has 8 nitrogen and oxygen atoms in total. The number of rotatable bonds is 7. The van der Waals surface area contributed by atoms with Crippen LogP contribution in [0, 0.1) is 0 Å². The molecule has 1 aliphatic heterocycles. The van der Waals surface area contributed by atoms with Crippen LogP contribution in [0.15, 0.2) is 54.6 Å². The van der Waals surface area contributed by atoms with Crippen LogP contribution in [0.2, 0.25) is 0 Å². The number of amides is 4. The normalized spacial score (nSPS) is 18.5. The van der Waals surface area contributed by atoms with Gasteiger partial charge in [-0.3, -0.25) is 19.8 Å². The first kappa shape index (κ1) is 19.1. The highest BCUT2D eigenvalue weighted by Gasteiger charge is 2.52. The first-order valence-electron chi connectivity index (χ1n) is 8.70. The Morgan fingerprint density at radius 3 is 2.50 bits per heavy atom. The van der Waals surface area contributed by atoms with Gasteiger partial charge in [-0.15, -0.1) is 0 Å². The van der Waals surface area contributed by atoms with Gasteiger partial charge in [0.15, 0.2) is 12.9 Å². The summed E-state index contributed by atoms with van der Waals surface area (Å²) in [5.41, 5.74) is 1.94. The average molecular weight is 381 g/mol. The van der Waals surface area contributed by atoms with Crippen LogP contribution in [0.4, 0.5) is 4.79 Å². The van der Waals surface area contributed by atoms with Gasteiger partial charge >= 0.3 is 6.03 Å². The highest BCUT2D eigenvalue weighted by atomic mass is 16.5. The summed E-state index contributed by atoms with van der Waals surface area (Å²) < 4.78 is 5.32. The van der Waals surface area contributed by atoms with E-state index in [0.717, 1.165) is 0 Å². The SMILES string of the molecule is CC[C@]1(c2ccccc2)NC(=O)N(NC(=O)COc2ccccc2C=O)C1=O. The lowest BCUT2D eigenvalue weighted by molar-refractivity contribution is -0.140. The second-order valence-electron chi connectivity index (χ2n) is 6.17. The van der Waals surface area contributed by atoms with Gasteiger partial charge in [-0.05, 0) is 24.1 Å². The lowest BCUT2D eigenvalue weighted by atomic mass is 9.87. The standard InChI is InChI=1S/C20H19N3O5/c1-2-20(15-9-4-3-5-10-15)18(26)23(19(27)21-20)22-17(25)13-28-16-11-7-6-8-14(16)12-24/h3-12H,2,13H2,1H3,(H,21,27)(H,22,25)/t20-/m1/s1. The van der Waals surface area contributed by atoms with Crippen molar-refractivity contribution in [3.63, 3.8) is 0 Å². The molecule has 2 aromatic rings. The van der Waals surface area contributed by atoms with E-state index in [-0.39, 0.29) is 5.75 Å². The molecule has 0 radical (unpaired) electrons. The molecule has 1 saturated heterocycles. The minimum absolute atomic E-state index is 0.233. The van der Waals surface area contributed by atoms with Crippen LogP contribution in [0.3, 0.4) is 0 Å². The number of nitrogens with zero attached hydrogens (tertiary/aromatic N) is 1. The first-order valence-corrected chi connectivity index (χ1v) is 8.70. The molecule has 1 fully saturated rings. The number of hydrogen-bond donors (Lipinski definition) is 2. The summed E-state index contributed by atoms with van der Waals surface area (Å²) in [6, 6.07) is 14.5.